The molecule has 2 aromatic rings. The van der Waals surface area contributed by atoms with Crippen molar-refractivity contribution < 1.29 is 14.3 Å². The molecule has 4 rings (SSSR count). The summed E-state index contributed by atoms with van der Waals surface area (Å²) in [4.78, 5) is 17.3. The third-order valence-corrected chi connectivity index (χ3v) is 6.22. The normalized spacial score (nSPS) is 21.5. The number of nitrogens with one attached hydrogen (secondary N) is 2. The maximum atomic E-state index is 13.0. The highest BCUT2D eigenvalue weighted by Crippen LogP contribution is 2.25. The Kier molecular flexibility index (Phi) is 7.86. The molecule has 32 heavy (non-hydrogen) atoms. The summed E-state index contributed by atoms with van der Waals surface area (Å²) in [6.45, 7) is 7.29. The zero-order valence-corrected chi connectivity index (χ0v) is 19.2. The minimum absolute atomic E-state index is 0.117. The van der Waals surface area contributed by atoms with Gasteiger partial charge in [0, 0.05) is 43.8 Å². The highest BCUT2D eigenvalue weighted by Gasteiger charge is 2.34. The molecule has 2 heterocycles. The molecule has 7 nitrogen and oxygen atoms in total. The quantitative estimate of drug-likeness (QED) is 0.634. The smallest absolute Gasteiger partial charge is 0.241 e. The van der Waals surface area contributed by atoms with Crippen molar-refractivity contribution in [3.63, 3.8) is 0 Å². The molecule has 2 aromatic carbocycles. The van der Waals surface area contributed by atoms with Crippen LogP contribution in [0.1, 0.15) is 24.9 Å². The monoisotopic (exact) mass is 458 g/mol. The average molecular weight is 459 g/mol. The Bertz CT molecular complexity index is 870. The summed E-state index contributed by atoms with van der Waals surface area (Å²) in [6.07, 6.45) is 0.738. The summed E-state index contributed by atoms with van der Waals surface area (Å²) < 4.78 is 11.3. The van der Waals surface area contributed by atoms with Gasteiger partial charge in [-0.05, 0) is 55.3 Å². The fraction of sp³-hybridized carbons (Fsp3) is 0.458. The van der Waals surface area contributed by atoms with Crippen LogP contribution in [0.5, 0.6) is 11.5 Å². The van der Waals surface area contributed by atoms with Crippen molar-refractivity contribution in [1.82, 2.24) is 20.7 Å². The number of halogens is 1. The first kappa shape index (κ1) is 22.9. The Hall–Kier alpha value is -2.32. The van der Waals surface area contributed by atoms with E-state index in [1.54, 1.807) is 0 Å². The minimum Gasteiger partial charge on any atom is -0.494 e. The van der Waals surface area contributed by atoms with Gasteiger partial charge in [-0.25, -0.2) is 10.9 Å². The lowest BCUT2D eigenvalue weighted by Gasteiger charge is -2.35. The minimum atomic E-state index is -0.202. The standard InChI is InChI=1S/C24H31ClN4O3/c1-2-31-20-7-3-18(4-8-20)22-17-23(27-26-22)24(30)29-13-11-28(12-14-29)15-16-32-21-9-5-19(25)6-10-21/h3-10,22-23,26-27H,2,11-17H2,1H3. The van der Waals surface area contributed by atoms with Crippen molar-refractivity contribution in [2.75, 3.05) is 45.9 Å². The van der Waals surface area contributed by atoms with Gasteiger partial charge in [0.1, 0.15) is 24.1 Å². The van der Waals surface area contributed by atoms with Crippen LogP contribution >= 0.6 is 11.6 Å². The lowest BCUT2D eigenvalue weighted by atomic mass is 10.0. The number of hydrazine groups is 1. The summed E-state index contributed by atoms with van der Waals surface area (Å²) in [5.41, 5.74) is 7.63. The number of piperazine rings is 1. The van der Waals surface area contributed by atoms with E-state index in [2.05, 4.69) is 27.9 Å². The van der Waals surface area contributed by atoms with Gasteiger partial charge in [0.05, 0.1) is 6.61 Å². The molecule has 2 fully saturated rings. The number of hydrogen-bond donors (Lipinski definition) is 2. The first-order valence-corrected chi connectivity index (χ1v) is 11.6. The molecule has 2 N–H and O–H groups in total. The first-order valence-electron chi connectivity index (χ1n) is 11.3. The summed E-state index contributed by atoms with van der Waals surface area (Å²) in [5, 5.41) is 0.705. The molecule has 0 saturated carbocycles. The number of carbonyl (C=O) groups is 1. The molecule has 1 amide bonds. The number of carbonyl (C=O) groups excluding carboxylic acids is 1. The molecule has 2 unspecified atom stereocenters. The van der Waals surface area contributed by atoms with Crippen LogP contribution in [-0.4, -0.2) is 67.7 Å². The van der Waals surface area contributed by atoms with Crippen molar-refractivity contribution >= 4 is 17.5 Å². The second-order valence-corrected chi connectivity index (χ2v) is 8.54. The Morgan fingerprint density at radius 2 is 1.62 bits per heavy atom. The Balaban J connectivity index is 1.18. The molecule has 0 aliphatic carbocycles. The summed E-state index contributed by atoms with van der Waals surface area (Å²) in [5.74, 6) is 1.86. The Labute approximate surface area is 194 Å². The van der Waals surface area contributed by atoms with E-state index in [1.165, 1.54) is 0 Å². The molecule has 0 radical (unpaired) electrons. The van der Waals surface area contributed by atoms with Crippen molar-refractivity contribution in [3.05, 3.63) is 59.1 Å². The lowest BCUT2D eigenvalue weighted by molar-refractivity contribution is -0.135. The largest absolute Gasteiger partial charge is 0.494 e. The molecule has 0 aromatic heterocycles. The maximum absolute atomic E-state index is 13.0. The molecule has 172 valence electrons. The van der Waals surface area contributed by atoms with Crippen LogP contribution < -0.4 is 20.3 Å². The third kappa shape index (κ3) is 5.92. The van der Waals surface area contributed by atoms with Gasteiger partial charge >= 0.3 is 0 Å². The lowest BCUT2D eigenvalue weighted by Crippen LogP contribution is -2.54. The molecule has 0 bridgehead atoms. The zero-order chi connectivity index (χ0) is 22.3. The van der Waals surface area contributed by atoms with E-state index in [0.717, 1.165) is 56.2 Å². The predicted molar refractivity (Wildman–Crippen MR) is 125 cm³/mol. The van der Waals surface area contributed by atoms with E-state index in [1.807, 2.05) is 48.2 Å². The van der Waals surface area contributed by atoms with Crippen molar-refractivity contribution in [2.45, 2.75) is 25.4 Å². The molecule has 0 spiro atoms. The SMILES string of the molecule is CCOc1ccc(C2CC(C(=O)N3CCN(CCOc4ccc(Cl)cc4)CC3)NN2)cc1. The molecular formula is C24H31ClN4O3. The average Bonchev–Trinajstić information content (AvgIpc) is 3.31. The third-order valence-electron chi connectivity index (χ3n) is 5.97. The number of rotatable bonds is 8. The van der Waals surface area contributed by atoms with Gasteiger partial charge in [-0.1, -0.05) is 23.7 Å². The van der Waals surface area contributed by atoms with E-state index >= 15 is 0 Å². The fourth-order valence-corrected chi connectivity index (χ4v) is 4.26. The fourth-order valence-electron chi connectivity index (χ4n) is 4.14. The second-order valence-electron chi connectivity index (χ2n) is 8.10. The number of nitrogens with zero attached hydrogens (tertiary/aromatic N) is 2. The van der Waals surface area contributed by atoms with Crippen molar-refractivity contribution in [2.24, 2.45) is 0 Å². The Morgan fingerprint density at radius 1 is 0.969 bits per heavy atom. The highest BCUT2D eigenvalue weighted by molar-refractivity contribution is 6.30. The van der Waals surface area contributed by atoms with Gasteiger partial charge < -0.3 is 14.4 Å². The van der Waals surface area contributed by atoms with Gasteiger partial charge in [0.25, 0.3) is 0 Å². The van der Waals surface area contributed by atoms with Gasteiger partial charge in [0.2, 0.25) is 5.91 Å². The molecule has 8 heteroatoms. The van der Waals surface area contributed by atoms with Crippen LogP contribution in [-0.2, 0) is 4.79 Å². The second kappa shape index (κ2) is 11.0. The number of benzene rings is 2. The van der Waals surface area contributed by atoms with Crippen LogP contribution in [0.15, 0.2) is 48.5 Å². The van der Waals surface area contributed by atoms with Gasteiger partial charge in [-0.2, -0.15) is 0 Å². The molecule has 2 aliphatic heterocycles. The topological polar surface area (TPSA) is 66.1 Å². The predicted octanol–water partition coefficient (Wildman–Crippen LogP) is 2.87. The molecule has 2 atom stereocenters. The van der Waals surface area contributed by atoms with E-state index in [-0.39, 0.29) is 18.0 Å². The van der Waals surface area contributed by atoms with Crippen LogP contribution in [0, 0.1) is 0 Å². The van der Waals surface area contributed by atoms with Gasteiger partial charge in [0.15, 0.2) is 0 Å². The number of ether oxygens (including phenoxy) is 2. The first-order chi connectivity index (χ1) is 15.6. The van der Waals surface area contributed by atoms with Crippen LogP contribution in [0.25, 0.3) is 0 Å². The molecule has 2 saturated heterocycles. The molecular weight excluding hydrogens is 428 g/mol. The maximum Gasteiger partial charge on any atom is 0.241 e. The zero-order valence-electron chi connectivity index (χ0n) is 18.4. The van der Waals surface area contributed by atoms with Crippen molar-refractivity contribution in [1.29, 1.82) is 0 Å². The van der Waals surface area contributed by atoms with Gasteiger partial charge in [-0.15, -0.1) is 0 Å². The van der Waals surface area contributed by atoms with Gasteiger partial charge in [-0.3, -0.25) is 9.69 Å². The van der Waals surface area contributed by atoms with E-state index < -0.39 is 0 Å². The van der Waals surface area contributed by atoms with Crippen LogP contribution in [0.3, 0.4) is 0 Å². The number of hydrogen-bond acceptors (Lipinski definition) is 6. The van der Waals surface area contributed by atoms with Crippen molar-refractivity contribution in [3.8, 4) is 11.5 Å². The van der Waals surface area contributed by atoms with E-state index in [0.29, 0.717) is 18.2 Å². The molecule has 2 aliphatic rings. The van der Waals surface area contributed by atoms with E-state index in [4.69, 9.17) is 21.1 Å². The number of amides is 1. The summed E-state index contributed by atoms with van der Waals surface area (Å²) >= 11 is 5.90. The van der Waals surface area contributed by atoms with Crippen LogP contribution in [0.4, 0.5) is 0 Å². The Morgan fingerprint density at radius 3 is 2.31 bits per heavy atom. The van der Waals surface area contributed by atoms with E-state index in [9.17, 15) is 4.79 Å². The summed E-state index contributed by atoms with van der Waals surface area (Å²) in [7, 11) is 0. The summed E-state index contributed by atoms with van der Waals surface area (Å²) in [6, 6.07) is 15.4. The van der Waals surface area contributed by atoms with Crippen LogP contribution in [0.2, 0.25) is 5.02 Å². The highest BCUT2D eigenvalue weighted by atomic mass is 35.5.